The quantitative estimate of drug-likeness (QED) is 0.496. The summed E-state index contributed by atoms with van der Waals surface area (Å²) in [4.78, 5) is 15.8. The second-order valence-electron chi connectivity index (χ2n) is 4.89. The molecular weight excluding hydrogens is 330 g/mol. The number of aromatic nitrogens is 3. The summed E-state index contributed by atoms with van der Waals surface area (Å²) in [6, 6.07) is 4.66. The molecule has 8 heteroatoms. The molecule has 0 fully saturated rings. The Balaban J connectivity index is 2.24. The largest absolute Gasteiger partial charge is 0.504 e. The van der Waals surface area contributed by atoms with Crippen LogP contribution in [0, 0.1) is 0 Å². The zero-order chi connectivity index (χ0) is 17.5. The van der Waals surface area contributed by atoms with Crippen molar-refractivity contribution in [3.8, 4) is 11.5 Å². The summed E-state index contributed by atoms with van der Waals surface area (Å²) in [5.41, 5.74) is 0.602. The number of aromatic amines is 1. The molecule has 0 spiro atoms. The van der Waals surface area contributed by atoms with Crippen LogP contribution in [0.3, 0.4) is 0 Å². The third kappa shape index (κ3) is 4.76. The van der Waals surface area contributed by atoms with Crippen molar-refractivity contribution in [3.63, 3.8) is 0 Å². The Morgan fingerprint density at radius 1 is 1.42 bits per heavy atom. The minimum absolute atomic E-state index is 0.0108. The van der Waals surface area contributed by atoms with Gasteiger partial charge < -0.3 is 14.9 Å². The summed E-state index contributed by atoms with van der Waals surface area (Å²) >= 11 is 0.967. The van der Waals surface area contributed by atoms with E-state index in [2.05, 4.69) is 15.2 Å². The van der Waals surface area contributed by atoms with Crippen LogP contribution >= 0.6 is 11.8 Å². The molecule has 128 valence electrons. The number of aromatic hydroxyl groups is 1. The maximum atomic E-state index is 11.5. The minimum atomic E-state index is -1.08. The predicted octanol–water partition coefficient (Wildman–Crippen LogP) is 3.08. The summed E-state index contributed by atoms with van der Waals surface area (Å²) in [6.45, 7) is 4.23. The molecule has 0 bridgehead atoms. The summed E-state index contributed by atoms with van der Waals surface area (Å²) in [6.07, 6.45) is 3.18. The Morgan fingerprint density at radius 2 is 2.21 bits per heavy atom. The normalized spacial score (nSPS) is 11.5. The Hall–Kier alpha value is -2.48. The first-order chi connectivity index (χ1) is 11.5. The van der Waals surface area contributed by atoms with Crippen molar-refractivity contribution in [2.24, 2.45) is 0 Å². The number of nitrogens with zero attached hydrogens (tertiary/aromatic N) is 2. The highest BCUT2D eigenvalue weighted by molar-refractivity contribution is 8.04. The molecule has 0 saturated carbocycles. The number of nitrogens with one attached hydrogen (secondary N) is 1. The summed E-state index contributed by atoms with van der Waals surface area (Å²) in [5, 5.41) is 26.3. The number of benzene rings is 1. The van der Waals surface area contributed by atoms with Crippen molar-refractivity contribution in [1.82, 2.24) is 15.2 Å². The summed E-state index contributed by atoms with van der Waals surface area (Å²) in [7, 11) is 0. The fourth-order valence-corrected chi connectivity index (χ4v) is 2.67. The number of carboxylic acid groups (broad SMARTS) is 1. The number of aryl methyl sites for hydroxylation is 1. The molecule has 1 aromatic heterocycles. The lowest BCUT2D eigenvalue weighted by molar-refractivity contribution is -0.131. The number of phenolic OH excluding ortho intramolecular Hbond substituents is 1. The van der Waals surface area contributed by atoms with Crippen molar-refractivity contribution >= 4 is 23.8 Å². The van der Waals surface area contributed by atoms with Gasteiger partial charge in [0.1, 0.15) is 10.7 Å². The number of ether oxygens (including phenoxy) is 1. The van der Waals surface area contributed by atoms with E-state index >= 15 is 0 Å². The van der Waals surface area contributed by atoms with Gasteiger partial charge in [0.2, 0.25) is 5.16 Å². The molecule has 0 atom stereocenters. The maximum Gasteiger partial charge on any atom is 0.342 e. The van der Waals surface area contributed by atoms with E-state index in [4.69, 9.17) is 4.74 Å². The third-order valence-electron chi connectivity index (χ3n) is 2.99. The van der Waals surface area contributed by atoms with Gasteiger partial charge in [-0.25, -0.2) is 9.78 Å². The van der Waals surface area contributed by atoms with Crippen molar-refractivity contribution in [2.45, 2.75) is 31.8 Å². The second kappa shape index (κ2) is 8.39. The van der Waals surface area contributed by atoms with Crippen LogP contribution in [0.1, 0.15) is 31.7 Å². The van der Waals surface area contributed by atoms with Gasteiger partial charge in [-0.1, -0.05) is 13.0 Å². The highest BCUT2D eigenvalue weighted by atomic mass is 32.2. The van der Waals surface area contributed by atoms with E-state index in [0.29, 0.717) is 23.1 Å². The van der Waals surface area contributed by atoms with E-state index in [1.54, 1.807) is 19.1 Å². The zero-order valence-corrected chi connectivity index (χ0v) is 14.3. The molecule has 3 N–H and O–H groups in total. The van der Waals surface area contributed by atoms with Crippen molar-refractivity contribution in [1.29, 1.82) is 0 Å². The van der Waals surface area contributed by atoms with Crippen molar-refractivity contribution < 1.29 is 19.7 Å². The average molecular weight is 349 g/mol. The van der Waals surface area contributed by atoms with Crippen LogP contribution in [0.25, 0.3) is 6.08 Å². The molecule has 0 radical (unpaired) electrons. The topological polar surface area (TPSA) is 108 Å². The first kappa shape index (κ1) is 17.9. The maximum absolute atomic E-state index is 11.5. The minimum Gasteiger partial charge on any atom is -0.504 e. The van der Waals surface area contributed by atoms with Crippen LogP contribution in [0.15, 0.2) is 28.3 Å². The number of rotatable bonds is 8. The molecule has 24 heavy (non-hydrogen) atoms. The third-order valence-corrected chi connectivity index (χ3v) is 3.87. The van der Waals surface area contributed by atoms with Crippen molar-refractivity contribution in [2.75, 3.05) is 6.61 Å². The zero-order valence-electron chi connectivity index (χ0n) is 13.4. The van der Waals surface area contributed by atoms with Gasteiger partial charge in [0.25, 0.3) is 0 Å². The second-order valence-corrected chi connectivity index (χ2v) is 5.90. The fourth-order valence-electron chi connectivity index (χ4n) is 1.95. The van der Waals surface area contributed by atoms with Gasteiger partial charge in [-0.2, -0.15) is 0 Å². The number of aliphatic carboxylic acids is 1. The summed E-state index contributed by atoms with van der Waals surface area (Å²) in [5.74, 6) is -0.0262. The van der Waals surface area contributed by atoms with E-state index in [-0.39, 0.29) is 10.7 Å². The van der Waals surface area contributed by atoms with Crippen molar-refractivity contribution in [3.05, 3.63) is 34.5 Å². The highest BCUT2D eigenvalue weighted by Gasteiger charge is 2.14. The van der Waals surface area contributed by atoms with E-state index < -0.39 is 5.97 Å². The molecule has 1 aromatic carbocycles. The number of carboxylic acids is 1. The van der Waals surface area contributed by atoms with Crippen LogP contribution in [0.4, 0.5) is 0 Å². The van der Waals surface area contributed by atoms with Gasteiger partial charge in [-0.15, -0.1) is 5.10 Å². The molecule has 1 heterocycles. The molecule has 0 aliphatic heterocycles. The number of phenols is 1. The van der Waals surface area contributed by atoms with Gasteiger partial charge in [0.05, 0.1) is 6.61 Å². The van der Waals surface area contributed by atoms with Crippen LogP contribution in [-0.2, 0) is 11.2 Å². The number of hydrogen-bond donors (Lipinski definition) is 3. The molecule has 2 aromatic rings. The smallest absolute Gasteiger partial charge is 0.342 e. The first-order valence-corrected chi connectivity index (χ1v) is 8.35. The fraction of sp³-hybridized carbons (Fsp3) is 0.312. The van der Waals surface area contributed by atoms with Gasteiger partial charge >= 0.3 is 5.97 Å². The van der Waals surface area contributed by atoms with E-state index in [1.807, 2.05) is 6.92 Å². The highest BCUT2D eigenvalue weighted by Crippen LogP contribution is 2.30. The van der Waals surface area contributed by atoms with Crippen LogP contribution < -0.4 is 4.74 Å². The predicted molar refractivity (Wildman–Crippen MR) is 91.1 cm³/mol. The van der Waals surface area contributed by atoms with Gasteiger partial charge in [-0.05, 0) is 48.9 Å². The summed E-state index contributed by atoms with van der Waals surface area (Å²) < 4.78 is 5.30. The molecule has 2 rings (SSSR count). The average Bonchev–Trinajstić information content (AvgIpc) is 2.97. The first-order valence-electron chi connectivity index (χ1n) is 7.53. The van der Waals surface area contributed by atoms with E-state index in [9.17, 15) is 15.0 Å². The number of hydrogen-bond acceptors (Lipinski definition) is 6. The van der Waals surface area contributed by atoms with Crippen LogP contribution in [-0.4, -0.2) is 38.0 Å². The van der Waals surface area contributed by atoms with Crippen LogP contribution in [0.5, 0.6) is 11.5 Å². The number of H-pyrrole nitrogens is 1. The molecule has 7 nitrogen and oxygen atoms in total. The molecule has 0 amide bonds. The number of carbonyl (C=O) groups is 1. The Morgan fingerprint density at radius 3 is 2.88 bits per heavy atom. The molecule has 0 aliphatic rings. The SMILES string of the molecule is CCCc1nc(S/C(=C\c2ccc(O)c(OCC)c2)C(=O)O)n[nH]1. The molecule has 0 unspecified atom stereocenters. The Kier molecular flexibility index (Phi) is 6.25. The molecular formula is C16H19N3O4S. The molecule has 0 saturated heterocycles. The van der Waals surface area contributed by atoms with Gasteiger partial charge in [0, 0.05) is 6.42 Å². The van der Waals surface area contributed by atoms with Crippen LogP contribution in [0.2, 0.25) is 0 Å². The number of thioether (sulfide) groups is 1. The standard InChI is InChI=1S/C16H19N3O4S/c1-3-5-14-17-16(19-18-14)24-13(15(21)22)9-10-6-7-11(20)12(8-10)23-4-2/h6-9,20H,3-5H2,1-2H3,(H,21,22)(H,17,18,19)/b13-9-. The monoisotopic (exact) mass is 349 g/mol. The van der Waals surface area contributed by atoms with Gasteiger partial charge in [-0.3, -0.25) is 5.10 Å². The Bertz CT molecular complexity index is 743. The lowest BCUT2D eigenvalue weighted by atomic mass is 10.2. The van der Waals surface area contributed by atoms with Gasteiger partial charge in [0.15, 0.2) is 11.5 Å². The lowest BCUT2D eigenvalue weighted by Crippen LogP contribution is -1.98. The van der Waals surface area contributed by atoms with E-state index in [0.717, 1.165) is 30.4 Å². The van der Waals surface area contributed by atoms with E-state index in [1.165, 1.54) is 12.1 Å². The molecule has 0 aliphatic carbocycles. The Labute approximate surface area is 143 Å². The lowest BCUT2D eigenvalue weighted by Gasteiger charge is -2.07.